The van der Waals surface area contributed by atoms with E-state index < -0.39 is 0 Å². The van der Waals surface area contributed by atoms with E-state index >= 15 is 0 Å². The van der Waals surface area contributed by atoms with Gasteiger partial charge < -0.3 is 15.5 Å². The molecule has 3 aromatic rings. The lowest BCUT2D eigenvalue weighted by molar-refractivity contribution is 0.578. The van der Waals surface area contributed by atoms with Crippen molar-refractivity contribution in [1.82, 2.24) is 30.2 Å². The fourth-order valence-electron chi connectivity index (χ4n) is 4.45. The van der Waals surface area contributed by atoms with E-state index in [1.165, 1.54) is 17.5 Å². The van der Waals surface area contributed by atoms with E-state index in [2.05, 4.69) is 56.7 Å². The van der Waals surface area contributed by atoms with Crippen LogP contribution in [0.2, 0.25) is 0 Å². The van der Waals surface area contributed by atoms with Gasteiger partial charge in [-0.3, -0.25) is 4.79 Å². The maximum Gasteiger partial charge on any atom is 0.300 e. The number of piperazine rings is 1. The standard InChI is InChI=1S/C25H31N7O/c1-18-5-7-19(8-6-18)21-16-22(21)27-9-2-4-20-17-32(25-28-10-3-11-29-25)24(33)23(30-20)31-14-12-26-13-15-31/h3,5-8,10-11,17,21-22,26-27H,2,4,9,12-16H2,1H3/t21-,22+/m0/s1. The van der Waals surface area contributed by atoms with Gasteiger partial charge in [-0.25, -0.2) is 19.5 Å². The molecule has 8 heteroatoms. The number of aryl methyl sites for hydroxylation is 2. The van der Waals surface area contributed by atoms with Crippen LogP contribution >= 0.6 is 0 Å². The van der Waals surface area contributed by atoms with E-state index in [4.69, 9.17) is 4.98 Å². The Balaban J connectivity index is 1.25. The first kappa shape index (κ1) is 21.7. The summed E-state index contributed by atoms with van der Waals surface area (Å²) in [7, 11) is 0. The largest absolute Gasteiger partial charge is 0.349 e. The number of aromatic nitrogens is 4. The Morgan fingerprint density at radius 2 is 1.88 bits per heavy atom. The molecular weight excluding hydrogens is 414 g/mol. The Morgan fingerprint density at radius 3 is 2.64 bits per heavy atom. The number of nitrogens with zero attached hydrogens (tertiary/aromatic N) is 5. The second-order valence-corrected chi connectivity index (χ2v) is 8.93. The average molecular weight is 446 g/mol. The summed E-state index contributed by atoms with van der Waals surface area (Å²) in [4.78, 5) is 28.6. The molecule has 1 aromatic carbocycles. The van der Waals surface area contributed by atoms with Crippen LogP contribution in [-0.4, -0.2) is 58.3 Å². The SMILES string of the molecule is Cc1ccc([C@@H]2C[C@H]2NCCCc2cn(-c3ncccn3)c(=O)c(N3CCNCC3)n2)cc1. The zero-order valence-electron chi connectivity index (χ0n) is 19.1. The number of benzene rings is 1. The minimum absolute atomic E-state index is 0.163. The molecule has 1 aliphatic carbocycles. The predicted octanol–water partition coefficient (Wildman–Crippen LogP) is 1.82. The fraction of sp³-hybridized carbons (Fsp3) is 0.440. The molecule has 2 aliphatic rings. The van der Waals surface area contributed by atoms with Gasteiger partial charge in [0.1, 0.15) is 0 Å². The molecule has 5 rings (SSSR count). The quantitative estimate of drug-likeness (QED) is 0.512. The zero-order chi connectivity index (χ0) is 22.6. The molecule has 2 fully saturated rings. The van der Waals surface area contributed by atoms with Crippen molar-refractivity contribution in [3.05, 3.63) is 76.1 Å². The Kier molecular flexibility index (Phi) is 6.46. The summed E-state index contributed by atoms with van der Waals surface area (Å²) < 4.78 is 1.54. The highest BCUT2D eigenvalue weighted by Gasteiger charge is 2.37. The van der Waals surface area contributed by atoms with Gasteiger partial charge in [-0.1, -0.05) is 29.8 Å². The van der Waals surface area contributed by atoms with Crippen LogP contribution in [0.5, 0.6) is 0 Å². The number of rotatable bonds is 8. The van der Waals surface area contributed by atoms with Crippen molar-refractivity contribution in [2.75, 3.05) is 37.6 Å². The van der Waals surface area contributed by atoms with Gasteiger partial charge in [-0.15, -0.1) is 0 Å². The van der Waals surface area contributed by atoms with Crippen molar-refractivity contribution >= 4 is 5.82 Å². The van der Waals surface area contributed by atoms with Gasteiger partial charge in [0.2, 0.25) is 5.95 Å². The third-order valence-electron chi connectivity index (χ3n) is 6.43. The maximum atomic E-state index is 13.2. The summed E-state index contributed by atoms with van der Waals surface area (Å²) in [5.41, 5.74) is 3.46. The number of nitrogens with one attached hydrogen (secondary N) is 2. The third kappa shape index (κ3) is 5.12. The summed E-state index contributed by atoms with van der Waals surface area (Å²) in [5, 5.41) is 7.02. The lowest BCUT2D eigenvalue weighted by Gasteiger charge is -2.28. The summed E-state index contributed by atoms with van der Waals surface area (Å²) >= 11 is 0. The number of hydrogen-bond donors (Lipinski definition) is 2. The molecule has 1 aliphatic heterocycles. The molecule has 1 saturated carbocycles. The van der Waals surface area contributed by atoms with Crippen molar-refractivity contribution in [2.45, 2.75) is 38.1 Å². The smallest absolute Gasteiger partial charge is 0.300 e. The van der Waals surface area contributed by atoms with Crippen LogP contribution in [0.3, 0.4) is 0 Å². The predicted molar refractivity (Wildman–Crippen MR) is 129 cm³/mol. The molecule has 3 heterocycles. The van der Waals surface area contributed by atoms with E-state index in [1.807, 2.05) is 0 Å². The van der Waals surface area contributed by atoms with Gasteiger partial charge in [0.15, 0.2) is 5.82 Å². The van der Waals surface area contributed by atoms with Gasteiger partial charge in [0.05, 0.1) is 5.69 Å². The zero-order valence-corrected chi connectivity index (χ0v) is 19.1. The lowest BCUT2D eigenvalue weighted by atomic mass is 10.1. The molecule has 2 N–H and O–H groups in total. The highest BCUT2D eigenvalue weighted by molar-refractivity contribution is 5.39. The third-order valence-corrected chi connectivity index (χ3v) is 6.43. The lowest BCUT2D eigenvalue weighted by Crippen LogP contribution is -2.46. The molecule has 172 valence electrons. The monoisotopic (exact) mass is 445 g/mol. The Morgan fingerprint density at radius 1 is 1.12 bits per heavy atom. The first-order chi connectivity index (χ1) is 16.2. The second kappa shape index (κ2) is 9.80. The van der Waals surface area contributed by atoms with Crippen LogP contribution in [-0.2, 0) is 6.42 Å². The Hall–Kier alpha value is -3.10. The summed E-state index contributed by atoms with van der Waals surface area (Å²) in [6.45, 7) is 6.29. The van der Waals surface area contributed by atoms with E-state index in [9.17, 15) is 4.79 Å². The average Bonchev–Trinajstić information content (AvgIpc) is 3.64. The number of hydrogen-bond acceptors (Lipinski definition) is 7. The minimum atomic E-state index is -0.163. The normalized spacial score (nSPS) is 20.1. The fourth-order valence-corrected chi connectivity index (χ4v) is 4.45. The minimum Gasteiger partial charge on any atom is -0.349 e. The van der Waals surface area contributed by atoms with Gasteiger partial charge in [0, 0.05) is 56.7 Å². The summed E-state index contributed by atoms with van der Waals surface area (Å²) in [5.74, 6) is 1.51. The van der Waals surface area contributed by atoms with Crippen molar-refractivity contribution < 1.29 is 0 Å². The Labute approximate surface area is 194 Å². The highest BCUT2D eigenvalue weighted by atomic mass is 16.1. The highest BCUT2D eigenvalue weighted by Crippen LogP contribution is 2.40. The Bertz CT molecular complexity index is 1120. The summed E-state index contributed by atoms with van der Waals surface area (Å²) in [6.07, 6.45) is 8.06. The van der Waals surface area contributed by atoms with Gasteiger partial charge in [-0.05, 0) is 44.4 Å². The van der Waals surface area contributed by atoms with Crippen molar-refractivity contribution in [1.29, 1.82) is 0 Å². The van der Waals surface area contributed by atoms with Crippen molar-refractivity contribution in [2.24, 2.45) is 0 Å². The van der Waals surface area contributed by atoms with Crippen LogP contribution in [0.15, 0.2) is 53.7 Å². The maximum absolute atomic E-state index is 13.2. The first-order valence-electron chi connectivity index (χ1n) is 11.8. The molecular formula is C25H31N7O. The molecule has 0 unspecified atom stereocenters. The van der Waals surface area contributed by atoms with E-state index in [0.29, 0.717) is 23.7 Å². The molecule has 2 aromatic heterocycles. The molecule has 0 bridgehead atoms. The van der Waals surface area contributed by atoms with Crippen molar-refractivity contribution in [3.8, 4) is 5.95 Å². The van der Waals surface area contributed by atoms with Crippen LogP contribution in [0.25, 0.3) is 5.95 Å². The summed E-state index contributed by atoms with van der Waals surface area (Å²) in [6, 6.07) is 11.2. The molecule has 0 amide bonds. The topological polar surface area (TPSA) is 88.0 Å². The van der Waals surface area contributed by atoms with Gasteiger partial charge >= 0.3 is 0 Å². The molecule has 0 spiro atoms. The molecule has 8 nitrogen and oxygen atoms in total. The van der Waals surface area contributed by atoms with E-state index in [0.717, 1.165) is 51.3 Å². The van der Waals surface area contributed by atoms with Crippen LogP contribution < -0.4 is 21.1 Å². The van der Waals surface area contributed by atoms with Crippen molar-refractivity contribution in [3.63, 3.8) is 0 Å². The molecule has 0 radical (unpaired) electrons. The second-order valence-electron chi connectivity index (χ2n) is 8.93. The molecule has 33 heavy (non-hydrogen) atoms. The van der Waals surface area contributed by atoms with Crippen LogP contribution in [0.1, 0.15) is 35.6 Å². The van der Waals surface area contributed by atoms with E-state index in [1.54, 1.807) is 29.2 Å². The molecule has 1 saturated heterocycles. The first-order valence-corrected chi connectivity index (χ1v) is 11.8. The molecule has 2 atom stereocenters. The number of anilines is 1. The van der Waals surface area contributed by atoms with Crippen LogP contribution in [0, 0.1) is 6.92 Å². The van der Waals surface area contributed by atoms with E-state index in [-0.39, 0.29) is 5.56 Å². The van der Waals surface area contributed by atoms with Crippen LogP contribution in [0.4, 0.5) is 5.82 Å². The van der Waals surface area contributed by atoms with Gasteiger partial charge in [-0.2, -0.15) is 0 Å². The van der Waals surface area contributed by atoms with Gasteiger partial charge in [0.25, 0.3) is 5.56 Å².